The number of rotatable bonds is 4. The molecule has 7 heteroatoms. The van der Waals surface area contributed by atoms with Crippen LogP contribution < -0.4 is 10.5 Å². The number of aromatic nitrogens is 2. The van der Waals surface area contributed by atoms with Crippen LogP contribution in [0.25, 0.3) is 0 Å². The van der Waals surface area contributed by atoms with Crippen LogP contribution in [0.4, 0.5) is 0 Å². The quantitative estimate of drug-likeness (QED) is 0.737. The molecule has 1 aliphatic carbocycles. The first-order valence-corrected chi connectivity index (χ1v) is 7.57. The highest BCUT2D eigenvalue weighted by Gasteiger charge is 2.47. The average molecular weight is 272 g/mol. The van der Waals surface area contributed by atoms with Crippen molar-refractivity contribution in [3.05, 3.63) is 12.0 Å². The molecule has 0 aliphatic heterocycles. The lowest BCUT2D eigenvalue weighted by Gasteiger charge is -2.50. The molecule has 1 aromatic rings. The Morgan fingerprint density at radius 2 is 2.28 bits per heavy atom. The van der Waals surface area contributed by atoms with Gasteiger partial charge in [0.1, 0.15) is 5.82 Å². The van der Waals surface area contributed by atoms with Crippen LogP contribution in [0.5, 0.6) is 0 Å². The van der Waals surface area contributed by atoms with Crippen LogP contribution >= 0.6 is 0 Å². The minimum Gasteiger partial charge on any atom is -0.332 e. The largest absolute Gasteiger partial charge is 0.332 e. The van der Waals surface area contributed by atoms with Gasteiger partial charge >= 0.3 is 0 Å². The van der Waals surface area contributed by atoms with Crippen molar-refractivity contribution in [3.63, 3.8) is 0 Å². The SMILES string of the molecule is CCc1ncc(S(=O)(=O)NC2CC(N)C2(C)C)[nH]1. The second-order valence-corrected chi connectivity index (χ2v) is 7.07. The second kappa shape index (κ2) is 4.32. The highest BCUT2D eigenvalue weighted by Crippen LogP contribution is 2.39. The molecule has 1 aromatic heterocycles. The van der Waals surface area contributed by atoms with Crippen molar-refractivity contribution >= 4 is 10.0 Å². The average Bonchev–Trinajstić information content (AvgIpc) is 2.77. The minimum absolute atomic E-state index is 0.0400. The predicted octanol–water partition coefficient (Wildman–Crippen LogP) is 0.376. The van der Waals surface area contributed by atoms with Crippen LogP contribution in [0.1, 0.15) is 33.0 Å². The number of sulfonamides is 1. The molecule has 0 amide bonds. The third-order valence-electron chi connectivity index (χ3n) is 3.87. The Bertz CT molecular complexity index is 535. The third kappa shape index (κ3) is 2.17. The number of nitrogens with one attached hydrogen (secondary N) is 2. The normalized spacial score (nSPS) is 26.9. The maximum absolute atomic E-state index is 12.1. The van der Waals surface area contributed by atoms with Crippen LogP contribution in [0.3, 0.4) is 0 Å². The third-order valence-corrected chi connectivity index (χ3v) is 5.25. The molecule has 0 saturated heterocycles. The Balaban J connectivity index is 2.13. The molecule has 2 unspecified atom stereocenters. The molecule has 6 nitrogen and oxygen atoms in total. The van der Waals surface area contributed by atoms with E-state index in [2.05, 4.69) is 14.7 Å². The summed E-state index contributed by atoms with van der Waals surface area (Å²) in [7, 11) is -3.53. The molecule has 0 bridgehead atoms. The molecular formula is C11H20N4O2S. The number of hydrogen-bond acceptors (Lipinski definition) is 4. The van der Waals surface area contributed by atoms with E-state index < -0.39 is 10.0 Å². The molecular weight excluding hydrogens is 252 g/mol. The first-order valence-electron chi connectivity index (χ1n) is 6.09. The van der Waals surface area contributed by atoms with Gasteiger partial charge in [0.25, 0.3) is 10.0 Å². The van der Waals surface area contributed by atoms with Crippen LogP contribution in [-0.4, -0.2) is 30.5 Å². The monoisotopic (exact) mass is 272 g/mol. The summed E-state index contributed by atoms with van der Waals surface area (Å²) in [5, 5.41) is 0.121. The maximum Gasteiger partial charge on any atom is 0.257 e. The number of aryl methyl sites for hydroxylation is 1. The zero-order valence-corrected chi connectivity index (χ0v) is 11.7. The Morgan fingerprint density at radius 3 is 2.72 bits per heavy atom. The summed E-state index contributed by atoms with van der Waals surface area (Å²) in [6.45, 7) is 5.86. The summed E-state index contributed by atoms with van der Waals surface area (Å²) in [6.07, 6.45) is 2.70. The first kappa shape index (κ1) is 13.5. The summed E-state index contributed by atoms with van der Waals surface area (Å²) >= 11 is 0. The molecule has 0 spiro atoms. The molecule has 2 atom stereocenters. The predicted molar refractivity (Wildman–Crippen MR) is 68.4 cm³/mol. The maximum atomic E-state index is 12.1. The van der Waals surface area contributed by atoms with Gasteiger partial charge in [-0.05, 0) is 11.8 Å². The molecule has 1 heterocycles. The molecule has 0 aromatic carbocycles. The molecule has 18 heavy (non-hydrogen) atoms. The second-order valence-electron chi connectivity index (χ2n) is 5.39. The molecule has 1 aliphatic rings. The van der Waals surface area contributed by atoms with Gasteiger partial charge in [0, 0.05) is 18.5 Å². The Hall–Kier alpha value is -0.920. The fraction of sp³-hybridized carbons (Fsp3) is 0.727. The lowest BCUT2D eigenvalue weighted by atomic mass is 9.64. The van der Waals surface area contributed by atoms with Gasteiger partial charge in [0.05, 0.1) is 6.20 Å². The number of imidazole rings is 1. The summed E-state index contributed by atoms with van der Waals surface area (Å²) < 4.78 is 27.0. The van der Waals surface area contributed by atoms with Crippen molar-refractivity contribution in [2.24, 2.45) is 11.1 Å². The highest BCUT2D eigenvalue weighted by atomic mass is 32.2. The van der Waals surface area contributed by atoms with Crippen molar-refractivity contribution in [1.82, 2.24) is 14.7 Å². The lowest BCUT2D eigenvalue weighted by Crippen LogP contribution is -2.64. The fourth-order valence-electron chi connectivity index (χ4n) is 2.07. The number of H-pyrrole nitrogens is 1. The van der Waals surface area contributed by atoms with Gasteiger partial charge < -0.3 is 10.7 Å². The molecule has 4 N–H and O–H groups in total. The van der Waals surface area contributed by atoms with Crippen LogP contribution in [0.15, 0.2) is 11.2 Å². The lowest BCUT2D eigenvalue weighted by molar-refractivity contribution is 0.0903. The van der Waals surface area contributed by atoms with Gasteiger partial charge in [-0.1, -0.05) is 20.8 Å². The van der Waals surface area contributed by atoms with E-state index in [1.807, 2.05) is 20.8 Å². The van der Waals surface area contributed by atoms with E-state index in [1.54, 1.807) is 0 Å². The van der Waals surface area contributed by atoms with E-state index in [-0.39, 0.29) is 22.5 Å². The number of hydrogen-bond donors (Lipinski definition) is 3. The van der Waals surface area contributed by atoms with Crippen LogP contribution in [0.2, 0.25) is 0 Å². The molecule has 1 fully saturated rings. The van der Waals surface area contributed by atoms with Crippen molar-refractivity contribution in [3.8, 4) is 0 Å². The van der Waals surface area contributed by atoms with Gasteiger partial charge in [-0.2, -0.15) is 0 Å². The zero-order valence-electron chi connectivity index (χ0n) is 10.9. The first-order chi connectivity index (χ1) is 8.27. The smallest absolute Gasteiger partial charge is 0.257 e. The van der Waals surface area contributed by atoms with E-state index in [0.717, 1.165) is 0 Å². The van der Waals surface area contributed by atoms with Gasteiger partial charge in [-0.3, -0.25) is 0 Å². The van der Waals surface area contributed by atoms with Crippen molar-refractivity contribution in [2.45, 2.75) is 50.7 Å². The summed E-state index contributed by atoms with van der Waals surface area (Å²) in [6, 6.07) is -0.0796. The van der Waals surface area contributed by atoms with Crippen molar-refractivity contribution in [1.29, 1.82) is 0 Å². The van der Waals surface area contributed by atoms with Gasteiger partial charge in [-0.25, -0.2) is 18.1 Å². The fourth-order valence-corrected chi connectivity index (χ4v) is 3.41. The van der Waals surface area contributed by atoms with Gasteiger partial charge in [0.2, 0.25) is 0 Å². The highest BCUT2D eigenvalue weighted by molar-refractivity contribution is 7.89. The van der Waals surface area contributed by atoms with Gasteiger partial charge in [-0.15, -0.1) is 0 Å². The minimum atomic E-state index is -3.53. The molecule has 0 radical (unpaired) electrons. The summed E-state index contributed by atoms with van der Waals surface area (Å²) in [5.74, 6) is 0.667. The standard InChI is InChI=1S/C11H20N4O2S/c1-4-9-13-6-10(14-9)18(16,17)15-8-5-7(12)11(8,2)3/h6-8,15H,4-5,12H2,1-3H3,(H,13,14). The zero-order chi connectivity index (χ0) is 13.6. The van der Waals surface area contributed by atoms with Crippen LogP contribution in [0, 0.1) is 5.41 Å². The van der Waals surface area contributed by atoms with Crippen molar-refractivity contribution < 1.29 is 8.42 Å². The molecule has 102 valence electrons. The number of aromatic amines is 1. The Kier molecular flexibility index (Phi) is 3.25. The van der Waals surface area contributed by atoms with Crippen LogP contribution in [-0.2, 0) is 16.4 Å². The van der Waals surface area contributed by atoms with E-state index in [1.165, 1.54) is 6.20 Å². The van der Waals surface area contributed by atoms with E-state index in [4.69, 9.17) is 5.73 Å². The number of nitrogens with zero attached hydrogens (tertiary/aromatic N) is 1. The van der Waals surface area contributed by atoms with E-state index in [9.17, 15) is 8.42 Å². The Morgan fingerprint density at radius 1 is 1.61 bits per heavy atom. The topological polar surface area (TPSA) is 101 Å². The van der Waals surface area contributed by atoms with E-state index in [0.29, 0.717) is 18.7 Å². The summed E-state index contributed by atoms with van der Waals surface area (Å²) in [5.41, 5.74) is 5.67. The van der Waals surface area contributed by atoms with Crippen molar-refractivity contribution in [2.75, 3.05) is 0 Å². The molecule has 1 saturated carbocycles. The molecule has 2 rings (SSSR count). The van der Waals surface area contributed by atoms with Gasteiger partial charge in [0.15, 0.2) is 5.03 Å². The Labute approximate surface area is 107 Å². The van der Waals surface area contributed by atoms with E-state index >= 15 is 0 Å². The number of nitrogens with two attached hydrogens (primary N) is 1. The summed E-state index contributed by atoms with van der Waals surface area (Å²) in [4.78, 5) is 6.81.